The first-order chi connectivity index (χ1) is 22.9. The number of aromatic nitrogens is 5. The summed E-state index contributed by atoms with van der Waals surface area (Å²) in [6.45, 7) is 13.3. The summed E-state index contributed by atoms with van der Waals surface area (Å²) in [6, 6.07) is 5.22. The summed E-state index contributed by atoms with van der Waals surface area (Å²) in [5.74, 6) is 3.76. The molecule has 2 saturated carbocycles. The second-order valence-corrected chi connectivity index (χ2v) is 15.7. The minimum atomic E-state index is -0.336. The van der Waals surface area contributed by atoms with Crippen LogP contribution in [0.1, 0.15) is 64.0 Å². The highest BCUT2D eigenvalue weighted by Gasteiger charge is 2.59. The molecule has 1 atom stereocenters. The Morgan fingerprint density at radius 2 is 1.87 bits per heavy atom. The molecule has 3 aromatic rings. The molecule has 0 radical (unpaired) electrons. The van der Waals surface area contributed by atoms with Crippen LogP contribution in [0.3, 0.4) is 0 Å². The van der Waals surface area contributed by atoms with Crippen LogP contribution in [0.2, 0.25) is 0 Å². The Morgan fingerprint density at radius 1 is 1.02 bits per heavy atom. The third-order valence-electron chi connectivity index (χ3n) is 12.1. The lowest BCUT2D eigenvalue weighted by molar-refractivity contribution is -0.165. The van der Waals surface area contributed by atoms with Gasteiger partial charge in [0.1, 0.15) is 24.2 Å². The molecule has 2 aromatic heterocycles. The highest BCUT2D eigenvalue weighted by molar-refractivity contribution is 5.73. The van der Waals surface area contributed by atoms with Crippen LogP contribution >= 0.6 is 0 Å². The van der Waals surface area contributed by atoms with Crippen LogP contribution in [-0.4, -0.2) is 99.0 Å². The van der Waals surface area contributed by atoms with Crippen LogP contribution in [0.5, 0.6) is 11.6 Å². The number of nitrogens with zero attached hydrogens (tertiary/aromatic N) is 8. The van der Waals surface area contributed by atoms with Gasteiger partial charge in [-0.3, -0.25) is 9.80 Å². The molecule has 4 saturated heterocycles. The van der Waals surface area contributed by atoms with Gasteiger partial charge in [-0.05, 0) is 68.6 Å². The SMILES string of the molecule is CC(C)[C@@H](C1CC2(CCN2CC2COC2)C1)N1CC2(CCN(c3ncnnc3Oc3ccc(F)cc3-c3cncnc3C3CC3)C2)C1. The van der Waals surface area contributed by atoms with Crippen LogP contribution in [0.4, 0.5) is 10.2 Å². The Hall–Kier alpha value is -3.28. The van der Waals surface area contributed by atoms with Gasteiger partial charge >= 0.3 is 0 Å². The number of hydrogen-bond acceptors (Lipinski definition) is 10. The lowest BCUT2D eigenvalue weighted by Crippen LogP contribution is -2.72. The summed E-state index contributed by atoms with van der Waals surface area (Å²) in [5.41, 5.74) is 3.09. The average molecular weight is 641 g/mol. The molecule has 248 valence electrons. The summed E-state index contributed by atoms with van der Waals surface area (Å²) < 4.78 is 26.5. The molecule has 11 heteroatoms. The van der Waals surface area contributed by atoms with Gasteiger partial charge in [-0.2, -0.15) is 0 Å². The van der Waals surface area contributed by atoms with Crippen molar-refractivity contribution >= 4 is 5.82 Å². The maximum Gasteiger partial charge on any atom is 0.282 e. The maximum atomic E-state index is 14.6. The fourth-order valence-corrected chi connectivity index (χ4v) is 9.53. The van der Waals surface area contributed by atoms with Crippen molar-refractivity contribution in [2.24, 2.45) is 23.2 Å². The van der Waals surface area contributed by atoms with E-state index in [9.17, 15) is 4.39 Å². The molecule has 2 spiro atoms. The molecular weight excluding hydrogens is 595 g/mol. The zero-order valence-electron chi connectivity index (χ0n) is 27.5. The maximum absolute atomic E-state index is 14.6. The van der Waals surface area contributed by atoms with Gasteiger partial charge in [-0.15, -0.1) is 10.2 Å². The predicted molar refractivity (Wildman–Crippen MR) is 175 cm³/mol. The molecular formula is C36H45FN8O2. The van der Waals surface area contributed by atoms with Crippen LogP contribution in [0.15, 0.2) is 37.1 Å². The minimum Gasteiger partial charge on any atom is -0.434 e. The number of anilines is 1. The van der Waals surface area contributed by atoms with E-state index in [0.717, 1.165) is 81.7 Å². The van der Waals surface area contributed by atoms with Gasteiger partial charge < -0.3 is 14.4 Å². The Bertz CT molecular complexity index is 1630. The van der Waals surface area contributed by atoms with E-state index >= 15 is 0 Å². The van der Waals surface area contributed by atoms with E-state index < -0.39 is 0 Å². The van der Waals surface area contributed by atoms with E-state index in [1.807, 2.05) is 0 Å². The lowest BCUT2D eigenvalue weighted by atomic mass is 9.57. The summed E-state index contributed by atoms with van der Waals surface area (Å²) in [4.78, 5) is 21.3. The van der Waals surface area contributed by atoms with Gasteiger partial charge in [0.05, 0.1) is 18.9 Å². The highest BCUT2D eigenvalue weighted by Crippen LogP contribution is 2.55. The standard InChI is InChI=1S/C36H45FN8O2/c1-23(2)32(26-12-36(13-26)8-10-45(36)15-24-16-46-17-24)44-19-35(20-44)7-9-43(18-35)33-34(42-41-22-40-33)47-30-6-5-27(37)11-28(30)29-14-38-21-39-31(29)25-3-4-25/h5-6,11,14,21-26,32H,3-4,7-10,12-13,15-20H2,1-2H3/t26?,32-,36?/m0/s1. The average Bonchev–Trinajstić information content (AvgIpc) is 3.75. The van der Waals surface area contributed by atoms with Crippen LogP contribution in [0, 0.1) is 29.0 Å². The van der Waals surface area contributed by atoms with Crippen LogP contribution in [-0.2, 0) is 4.74 Å². The second-order valence-electron chi connectivity index (χ2n) is 15.7. The molecule has 6 aliphatic rings. The number of benzene rings is 1. The molecule has 2 aliphatic carbocycles. The number of likely N-dealkylation sites (tertiary alicyclic amines) is 2. The van der Waals surface area contributed by atoms with Crippen molar-refractivity contribution in [3.63, 3.8) is 0 Å². The van der Waals surface area contributed by atoms with Crippen molar-refractivity contribution in [3.8, 4) is 22.8 Å². The third-order valence-corrected chi connectivity index (χ3v) is 12.1. The normalized spacial score (nSPS) is 27.8. The van der Waals surface area contributed by atoms with E-state index in [1.165, 1.54) is 50.8 Å². The molecule has 6 fully saturated rings. The van der Waals surface area contributed by atoms with Crippen molar-refractivity contribution < 1.29 is 13.9 Å². The fraction of sp³-hybridized carbons (Fsp3) is 0.639. The second kappa shape index (κ2) is 11.4. The van der Waals surface area contributed by atoms with E-state index in [4.69, 9.17) is 9.47 Å². The van der Waals surface area contributed by atoms with E-state index in [1.54, 1.807) is 18.6 Å². The number of halogens is 1. The molecule has 0 N–H and O–H groups in total. The molecule has 0 amide bonds. The zero-order chi connectivity index (χ0) is 31.8. The van der Waals surface area contributed by atoms with Crippen molar-refractivity contribution in [1.82, 2.24) is 34.9 Å². The summed E-state index contributed by atoms with van der Waals surface area (Å²) in [7, 11) is 0. The lowest BCUT2D eigenvalue weighted by Gasteiger charge is -2.66. The van der Waals surface area contributed by atoms with E-state index in [-0.39, 0.29) is 11.2 Å². The molecule has 1 aromatic carbocycles. The summed E-state index contributed by atoms with van der Waals surface area (Å²) in [6.07, 6.45) is 12.2. The monoisotopic (exact) mass is 640 g/mol. The third kappa shape index (κ3) is 5.29. The van der Waals surface area contributed by atoms with Crippen LogP contribution in [0.25, 0.3) is 11.1 Å². The van der Waals surface area contributed by atoms with E-state index in [0.29, 0.717) is 46.4 Å². The van der Waals surface area contributed by atoms with E-state index in [2.05, 4.69) is 53.7 Å². The van der Waals surface area contributed by atoms with Crippen molar-refractivity contribution in [3.05, 3.63) is 48.6 Å². The van der Waals surface area contributed by atoms with Gasteiger partial charge in [0.15, 0.2) is 5.82 Å². The summed E-state index contributed by atoms with van der Waals surface area (Å²) >= 11 is 0. The first-order valence-electron chi connectivity index (χ1n) is 17.7. The molecule has 9 rings (SSSR count). The Balaban J connectivity index is 0.877. The first-order valence-corrected chi connectivity index (χ1v) is 17.7. The molecule has 0 bridgehead atoms. The smallest absolute Gasteiger partial charge is 0.282 e. The predicted octanol–water partition coefficient (Wildman–Crippen LogP) is 5.18. The summed E-state index contributed by atoms with van der Waals surface area (Å²) in [5, 5.41) is 8.46. The van der Waals surface area contributed by atoms with Gasteiger partial charge in [-0.1, -0.05) is 13.8 Å². The Labute approximate surface area is 276 Å². The molecule has 0 unspecified atom stereocenters. The number of ether oxygens (including phenoxy) is 2. The number of hydrogen-bond donors (Lipinski definition) is 0. The van der Waals surface area contributed by atoms with Gasteiger partial charge in [0.2, 0.25) is 0 Å². The molecule has 47 heavy (non-hydrogen) atoms. The number of rotatable bonds is 10. The minimum absolute atomic E-state index is 0.255. The van der Waals surface area contributed by atoms with Crippen molar-refractivity contribution in [2.75, 3.05) is 57.4 Å². The Kier molecular flexibility index (Phi) is 7.24. The largest absolute Gasteiger partial charge is 0.434 e. The molecule has 6 heterocycles. The van der Waals surface area contributed by atoms with Crippen molar-refractivity contribution in [1.29, 1.82) is 0 Å². The van der Waals surface area contributed by atoms with Gasteiger partial charge in [0, 0.05) is 85.4 Å². The highest BCUT2D eigenvalue weighted by atomic mass is 19.1. The quantitative estimate of drug-likeness (QED) is 0.295. The zero-order valence-corrected chi connectivity index (χ0v) is 27.5. The fourth-order valence-electron chi connectivity index (χ4n) is 9.53. The Morgan fingerprint density at radius 3 is 2.60 bits per heavy atom. The van der Waals surface area contributed by atoms with Crippen molar-refractivity contribution in [2.45, 2.75) is 69.9 Å². The van der Waals surface area contributed by atoms with Gasteiger partial charge in [0.25, 0.3) is 5.88 Å². The molecule has 4 aliphatic heterocycles. The first kappa shape index (κ1) is 29.8. The topological polar surface area (TPSA) is 92.6 Å². The van der Waals surface area contributed by atoms with Crippen LogP contribution < -0.4 is 9.64 Å². The molecule has 10 nitrogen and oxygen atoms in total. The van der Waals surface area contributed by atoms with Gasteiger partial charge in [-0.25, -0.2) is 19.3 Å².